The molecule has 0 radical (unpaired) electrons. The zero-order valence-electron chi connectivity index (χ0n) is 15.3. The molecule has 2 amide bonds. The lowest BCUT2D eigenvalue weighted by atomic mass is 9.86. The van der Waals surface area contributed by atoms with Crippen molar-refractivity contribution in [3.05, 3.63) is 64.7 Å². The monoisotopic (exact) mass is 338 g/mol. The van der Waals surface area contributed by atoms with Crippen LogP contribution in [0.2, 0.25) is 0 Å². The van der Waals surface area contributed by atoms with Gasteiger partial charge in [0, 0.05) is 17.7 Å². The molecule has 0 aliphatic heterocycles. The third-order valence-electron chi connectivity index (χ3n) is 4.24. The maximum absolute atomic E-state index is 12.1. The number of anilines is 1. The van der Waals surface area contributed by atoms with Crippen LogP contribution in [-0.4, -0.2) is 11.8 Å². The fraction of sp³-hybridized carbons (Fsp3) is 0.333. The van der Waals surface area contributed by atoms with E-state index < -0.39 is 5.91 Å². The lowest BCUT2D eigenvalue weighted by Gasteiger charge is -2.19. The predicted molar refractivity (Wildman–Crippen MR) is 102 cm³/mol. The Kier molecular flexibility index (Phi) is 5.62. The van der Waals surface area contributed by atoms with Crippen molar-refractivity contribution in [3.63, 3.8) is 0 Å². The highest BCUT2D eigenvalue weighted by molar-refractivity contribution is 5.96. The second kappa shape index (κ2) is 7.51. The molecule has 0 atom stereocenters. The smallest absolute Gasteiger partial charge is 0.248 e. The summed E-state index contributed by atoms with van der Waals surface area (Å²) >= 11 is 0. The third kappa shape index (κ3) is 5.18. The van der Waals surface area contributed by atoms with Crippen molar-refractivity contribution in [2.45, 2.75) is 46.0 Å². The van der Waals surface area contributed by atoms with Crippen molar-refractivity contribution in [2.75, 3.05) is 5.32 Å². The van der Waals surface area contributed by atoms with Gasteiger partial charge in [0.1, 0.15) is 0 Å². The Hall–Kier alpha value is -2.62. The minimum absolute atomic E-state index is 0.0499. The van der Waals surface area contributed by atoms with Gasteiger partial charge in [0.05, 0.1) is 0 Å². The lowest BCUT2D eigenvalue weighted by Crippen LogP contribution is -2.15. The van der Waals surface area contributed by atoms with E-state index in [1.165, 1.54) is 5.56 Å². The van der Waals surface area contributed by atoms with E-state index in [1.54, 1.807) is 25.1 Å². The van der Waals surface area contributed by atoms with Crippen LogP contribution in [-0.2, 0) is 16.6 Å². The van der Waals surface area contributed by atoms with E-state index in [0.29, 0.717) is 24.1 Å². The van der Waals surface area contributed by atoms with E-state index in [2.05, 4.69) is 50.4 Å². The van der Waals surface area contributed by atoms with Gasteiger partial charge in [-0.15, -0.1) is 0 Å². The topological polar surface area (TPSA) is 72.2 Å². The number of primary amides is 1. The van der Waals surface area contributed by atoms with Crippen molar-refractivity contribution >= 4 is 17.5 Å². The maximum atomic E-state index is 12.1. The Morgan fingerprint density at radius 2 is 1.68 bits per heavy atom. The average molecular weight is 338 g/mol. The van der Waals surface area contributed by atoms with Crippen LogP contribution in [0.1, 0.15) is 54.2 Å². The summed E-state index contributed by atoms with van der Waals surface area (Å²) in [5.74, 6) is -0.514. The van der Waals surface area contributed by atoms with Crippen molar-refractivity contribution in [1.29, 1.82) is 0 Å². The van der Waals surface area contributed by atoms with E-state index in [4.69, 9.17) is 5.73 Å². The molecule has 25 heavy (non-hydrogen) atoms. The first-order valence-electron chi connectivity index (χ1n) is 8.46. The van der Waals surface area contributed by atoms with Gasteiger partial charge in [-0.3, -0.25) is 9.59 Å². The normalized spacial score (nSPS) is 11.2. The SMILES string of the molecule is Cc1cc(NC(=O)CCc2ccc(C(C)(C)C)cc2)ccc1C(N)=O. The van der Waals surface area contributed by atoms with Crippen molar-refractivity contribution in [3.8, 4) is 0 Å². The number of rotatable bonds is 5. The Labute approximate surface area is 149 Å². The molecule has 0 aliphatic rings. The Bertz CT molecular complexity index is 771. The summed E-state index contributed by atoms with van der Waals surface area (Å²) in [7, 11) is 0. The highest BCUT2D eigenvalue weighted by Gasteiger charge is 2.13. The Morgan fingerprint density at radius 3 is 2.20 bits per heavy atom. The van der Waals surface area contributed by atoms with E-state index >= 15 is 0 Å². The fourth-order valence-corrected chi connectivity index (χ4v) is 2.67. The average Bonchev–Trinajstić information content (AvgIpc) is 2.52. The number of hydrogen-bond donors (Lipinski definition) is 2. The molecule has 4 nitrogen and oxygen atoms in total. The summed E-state index contributed by atoms with van der Waals surface area (Å²) in [4.78, 5) is 23.4. The third-order valence-corrected chi connectivity index (χ3v) is 4.24. The molecule has 0 bridgehead atoms. The fourth-order valence-electron chi connectivity index (χ4n) is 2.67. The second-order valence-corrected chi connectivity index (χ2v) is 7.39. The number of carbonyl (C=O) groups excluding carboxylic acids is 2. The molecule has 0 spiro atoms. The van der Waals surface area contributed by atoms with Crippen LogP contribution < -0.4 is 11.1 Å². The predicted octanol–water partition coefficient (Wildman–Crippen LogP) is 3.96. The summed E-state index contributed by atoms with van der Waals surface area (Å²) in [5.41, 5.74) is 9.74. The van der Waals surface area contributed by atoms with E-state index in [9.17, 15) is 9.59 Å². The van der Waals surface area contributed by atoms with Gasteiger partial charge in [-0.2, -0.15) is 0 Å². The maximum Gasteiger partial charge on any atom is 0.248 e. The van der Waals surface area contributed by atoms with E-state index in [-0.39, 0.29) is 11.3 Å². The van der Waals surface area contributed by atoms with E-state index in [1.807, 2.05) is 0 Å². The molecule has 4 heteroatoms. The summed E-state index contributed by atoms with van der Waals surface area (Å²) < 4.78 is 0. The molecule has 2 aromatic carbocycles. The first-order valence-corrected chi connectivity index (χ1v) is 8.46. The van der Waals surface area contributed by atoms with Crippen LogP contribution in [0.4, 0.5) is 5.69 Å². The molecule has 0 saturated carbocycles. The van der Waals surface area contributed by atoms with Crippen LogP contribution in [0, 0.1) is 6.92 Å². The van der Waals surface area contributed by atoms with Gasteiger partial charge in [0.15, 0.2) is 0 Å². The van der Waals surface area contributed by atoms with E-state index in [0.717, 1.165) is 11.1 Å². The zero-order chi connectivity index (χ0) is 18.6. The largest absolute Gasteiger partial charge is 0.366 e. The lowest BCUT2D eigenvalue weighted by molar-refractivity contribution is -0.116. The summed E-state index contributed by atoms with van der Waals surface area (Å²) in [6, 6.07) is 13.5. The molecule has 0 saturated heterocycles. The van der Waals surface area contributed by atoms with Gasteiger partial charge in [0.25, 0.3) is 0 Å². The van der Waals surface area contributed by atoms with Crippen LogP contribution in [0.15, 0.2) is 42.5 Å². The molecular formula is C21H26N2O2. The van der Waals surface area contributed by atoms with Crippen LogP contribution >= 0.6 is 0 Å². The first kappa shape index (κ1) is 18.7. The van der Waals surface area contributed by atoms with Gasteiger partial charge >= 0.3 is 0 Å². The standard InChI is InChI=1S/C21H26N2O2/c1-14-13-17(10-11-18(14)20(22)25)23-19(24)12-7-15-5-8-16(9-6-15)21(2,3)4/h5-6,8-11,13H,7,12H2,1-4H3,(H2,22,25)(H,23,24). The number of hydrogen-bond acceptors (Lipinski definition) is 2. The highest BCUT2D eigenvalue weighted by atomic mass is 16.1. The molecule has 0 aliphatic carbocycles. The number of amides is 2. The Morgan fingerprint density at radius 1 is 1.04 bits per heavy atom. The first-order chi connectivity index (χ1) is 11.7. The number of benzene rings is 2. The van der Waals surface area contributed by atoms with Crippen molar-refractivity contribution < 1.29 is 9.59 Å². The molecule has 132 valence electrons. The molecule has 0 unspecified atom stereocenters. The highest BCUT2D eigenvalue weighted by Crippen LogP contribution is 2.22. The Balaban J connectivity index is 1.92. The number of carbonyl (C=O) groups is 2. The molecule has 2 aromatic rings. The van der Waals surface area contributed by atoms with Gasteiger partial charge in [0.2, 0.25) is 11.8 Å². The minimum atomic E-state index is -0.464. The quantitative estimate of drug-likeness (QED) is 0.866. The number of nitrogens with one attached hydrogen (secondary N) is 1. The molecular weight excluding hydrogens is 312 g/mol. The summed E-state index contributed by atoms with van der Waals surface area (Å²) in [5, 5.41) is 2.86. The van der Waals surface area contributed by atoms with Crippen molar-refractivity contribution in [1.82, 2.24) is 0 Å². The van der Waals surface area contributed by atoms with Crippen LogP contribution in [0.5, 0.6) is 0 Å². The van der Waals surface area contributed by atoms with Crippen LogP contribution in [0.3, 0.4) is 0 Å². The second-order valence-electron chi connectivity index (χ2n) is 7.39. The zero-order valence-corrected chi connectivity index (χ0v) is 15.3. The van der Waals surface area contributed by atoms with Crippen LogP contribution in [0.25, 0.3) is 0 Å². The van der Waals surface area contributed by atoms with Gasteiger partial charge in [-0.05, 0) is 53.6 Å². The number of nitrogens with two attached hydrogens (primary N) is 1. The summed E-state index contributed by atoms with van der Waals surface area (Å²) in [6.07, 6.45) is 1.10. The molecule has 0 fully saturated rings. The van der Waals surface area contributed by atoms with Gasteiger partial charge in [-0.25, -0.2) is 0 Å². The van der Waals surface area contributed by atoms with Gasteiger partial charge < -0.3 is 11.1 Å². The summed E-state index contributed by atoms with van der Waals surface area (Å²) in [6.45, 7) is 8.34. The molecule has 2 rings (SSSR count). The molecule has 3 N–H and O–H groups in total. The minimum Gasteiger partial charge on any atom is -0.366 e. The molecule has 0 heterocycles. The van der Waals surface area contributed by atoms with Crippen molar-refractivity contribution in [2.24, 2.45) is 5.73 Å². The van der Waals surface area contributed by atoms with Gasteiger partial charge in [-0.1, -0.05) is 45.0 Å². The molecule has 0 aromatic heterocycles. The number of aryl methyl sites for hydroxylation is 2.